The summed E-state index contributed by atoms with van der Waals surface area (Å²) < 4.78 is 0. The summed E-state index contributed by atoms with van der Waals surface area (Å²) in [6.07, 6.45) is 3.79. The van der Waals surface area contributed by atoms with Crippen LogP contribution in [0.1, 0.15) is 11.4 Å². The van der Waals surface area contributed by atoms with Gasteiger partial charge in [0.05, 0.1) is 16.8 Å². The van der Waals surface area contributed by atoms with Crippen molar-refractivity contribution in [3.05, 3.63) is 48.2 Å². The van der Waals surface area contributed by atoms with E-state index in [4.69, 9.17) is 0 Å². The molecule has 0 aliphatic rings. The van der Waals surface area contributed by atoms with Crippen LogP contribution in [-0.2, 0) is 6.42 Å². The molecule has 20 heavy (non-hydrogen) atoms. The molecule has 6 heteroatoms. The smallest absolute Gasteiger partial charge is 0.137 e. The molecule has 6 nitrogen and oxygen atoms in total. The lowest BCUT2D eigenvalue weighted by Gasteiger charge is -2.10. The van der Waals surface area contributed by atoms with Crippen LogP contribution in [0.3, 0.4) is 0 Å². The van der Waals surface area contributed by atoms with E-state index >= 15 is 0 Å². The number of anilines is 1. The Morgan fingerprint density at radius 1 is 1.25 bits per heavy atom. The fourth-order valence-corrected chi connectivity index (χ4v) is 2.07. The Bertz CT molecular complexity index is 757. The highest BCUT2D eigenvalue weighted by Crippen LogP contribution is 2.25. The van der Waals surface area contributed by atoms with Crippen LogP contribution in [0.2, 0.25) is 0 Å². The zero-order valence-corrected chi connectivity index (χ0v) is 10.7. The van der Waals surface area contributed by atoms with Crippen molar-refractivity contribution in [3.8, 4) is 6.07 Å². The molecule has 0 fully saturated rings. The van der Waals surface area contributed by atoms with E-state index in [1.165, 1.54) is 6.33 Å². The topological polar surface area (TPSA) is 90.3 Å². The molecule has 1 aromatic carbocycles. The summed E-state index contributed by atoms with van der Waals surface area (Å²) in [6, 6.07) is 9.93. The first-order valence-electron chi connectivity index (χ1n) is 6.24. The summed E-state index contributed by atoms with van der Waals surface area (Å²) in [7, 11) is 0. The SMILES string of the molecule is N#Cc1cnc2ccccc2c1NCCc1ncn[nH]1. The molecule has 2 N–H and O–H groups in total. The monoisotopic (exact) mass is 264 g/mol. The molecule has 0 saturated heterocycles. The van der Waals surface area contributed by atoms with Crippen molar-refractivity contribution in [2.24, 2.45) is 0 Å². The quantitative estimate of drug-likeness (QED) is 0.750. The predicted octanol–water partition coefficient (Wildman–Crippen LogP) is 1.88. The van der Waals surface area contributed by atoms with E-state index in [1.54, 1.807) is 6.20 Å². The molecule has 0 aliphatic carbocycles. The standard InChI is InChI=1S/C14H12N6/c15-7-10-8-17-12-4-2-1-3-11(12)14(10)16-6-5-13-18-9-19-20-13/h1-4,8-9H,5-6H2,(H,16,17)(H,18,19,20). The summed E-state index contributed by atoms with van der Waals surface area (Å²) in [5.74, 6) is 0.814. The molecule has 0 unspecified atom stereocenters. The number of nitrogens with zero attached hydrogens (tertiary/aromatic N) is 4. The van der Waals surface area contributed by atoms with Gasteiger partial charge in [-0.05, 0) is 6.07 Å². The molecular formula is C14H12N6. The highest BCUT2D eigenvalue weighted by atomic mass is 15.2. The molecular weight excluding hydrogens is 252 g/mol. The maximum Gasteiger partial charge on any atom is 0.137 e. The zero-order valence-electron chi connectivity index (χ0n) is 10.7. The van der Waals surface area contributed by atoms with Crippen molar-refractivity contribution in [3.63, 3.8) is 0 Å². The second-order valence-electron chi connectivity index (χ2n) is 4.28. The van der Waals surface area contributed by atoms with Crippen molar-refractivity contribution in [1.29, 1.82) is 5.26 Å². The Morgan fingerprint density at radius 3 is 2.95 bits per heavy atom. The van der Waals surface area contributed by atoms with Gasteiger partial charge in [-0.2, -0.15) is 10.4 Å². The van der Waals surface area contributed by atoms with Crippen molar-refractivity contribution in [1.82, 2.24) is 20.2 Å². The Balaban J connectivity index is 1.87. The number of fused-ring (bicyclic) bond motifs is 1. The largest absolute Gasteiger partial charge is 0.383 e. The van der Waals surface area contributed by atoms with Gasteiger partial charge in [-0.15, -0.1) is 0 Å². The Labute approximate surface area is 115 Å². The summed E-state index contributed by atoms with van der Waals surface area (Å²) in [5.41, 5.74) is 2.23. The van der Waals surface area contributed by atoms with E-state index in [-0.39, 0.29) is 0 Å². The summed E-state index contributed by atoms with van der Waals surface area (Å²) >= 11 is 0. The minimum absolute atomic E-state index is 0.543. The van der Waals surface area contributed by atoms with Crippen LogP contribution < -0.4 is 5.32 Å². The van der Waals surface area contributed by atoms with Crippen LogP contribution in [0.15, 0.2) is 36.8 Å². The Hall–Kier alpha value is -2.94. The average Bonchev–Trinajstić information content (AvgIpc) is 3.00. The number of hydrogen-bond acceptors (Lipinski definition) is 5. The Kier molecular flexibility index (Phi) is 3.25. The lowest BCUT2D eigenvalue weighted by Crippen LogP contribution is -2.08. The van der Waals surface area contributed by atoms with E-state index in [9.17, 15) is 5.26 Å². The van der Waals surface area contributed by atoms with Gasteiger partial charge in [-0.1, -0.05) is 18.2 Å². The third-order valence-corrected chi connectivity index (χ3v) is 3.02. The molecule has 2 heterocycles. The van der Waals surface area contributed by atoms with Crippen LogP contribution in [0.25, 0.3) is 10.9 Å². The van der Waals surface area contributed by atoms with Crippen LogP contribution in [0, 0.1) is 11.3 Å². The van der Waals surface area contributed by atoms with E-state index in [0.29, 0.717) is 18.5 Å². The van der Waals surface area contributed by atoms with Gasteiger partial charge in [0, 0.05) is 24.5 Å². The third-order valence-electron chi connectivity index (χ3n) is 3.02. The third kappa shape index (κ3) is 2.29. The highest BCUT2D eigenvalue weighted by molar-refractivity contribution is 5.93. The lowest BCUT2D eigenvalue weighted by molar-refractivity contribution is 0.901. The van der Waals surface area contributed by atoms with Crippen molar-refractivity contribution < 1.29 is 0 Å². The molecule has 2 aromatic heterocycles. The molecule has 0 amide bonds. The van der Waals surface area contributed by atoms with Gasteiger partial charge in [0.1, 0.15) is 18.2 Å². The highest BCUT2D eigenvalue weighted by Gasteiger charge is 2.08. The first-order valence-corrected chi connectivity index (χ1v) is 6.24. The van der Waals surface area contributed by atoms with Gasteiger partial charge in [-0.25, -0.2) is 4.98 Å². The minimum Gasteiger partial charge on any atom is -0.383 e. The number of nitrogens with one attached hydrogen (secondary N) is 2. The number of para-hydroxylation sites is 1. The molecule has 0 aliphatic heterocycles. The Morgan fingerprint density at radius 2 is 2.15 bits per heavy atom. The fraction of sp³-hybridized carbons (Fsp3) is 0.143. The van der Waals surface area contributed by atoms with E-state index in [0.717, 1.165) is 22.4 Å². The number of aromatic amines is 1. The van der Waals surface area contributed by atoms with E-state index in [1.807, 2.05) is 24.3 Å². The fourth-order valence-electron chi connectivity index (χ4n) is 2.07. The van der Waals surface area contributed by atoms with E-state index < -0.39 is 0 Å². The molecule has 0 spiro atoms. The predicted molar refractivity (Wildman–Crippen MR) is 75.0 cm³/mol. The molecule has 0 bridgehead atoms. The number of H-pyrrole nitrogens is 1. The van der Waals surface area contributed by atoms with Crippen LogP contribution in [0.5, 0.6) is 0 Å². The number of aromatic nitrogens is 4. The molecule has 3 aromatic rings. The van der Waals surface area contributed by atoms with E-state index in [2.05, 4.69) is 31.6 Å². The first-order chi connectivity index (χ1) is 9.88. The van der Waals surface area contributed by atoms with Crippen molar-refractivity contribution >= 4 is 16.6 Å². The summed E-state index contributed by atoms with van der Waals surface area (Å²) in [6.45, 7) is 0.665. The van der Waals surface area contributed by atoms with Gasteiger partial charge >= 0.3 is 0 Å². The average molecular weight is 264 g/mol. The maximum absolute atomic E-state index is 9.20. The molecule has 0 radical (unpaired) electrons. The number of pyridine rings is 1. The number of nitriles is 1. The van der Waals surface area contributed by atoms with Crippen molar-refractivity contribution in [2.45, 2.75) is 6.42 Å². The van der Waals surface area contributed by atoms with Gasteiger partial charge in [-0.3, -0.25) is 10.1 Å². The molecule has 0 atom stereocenters. The zero-order chi connectivity index (χ0) is 13.8. The molecule has 98 valence electrons. The second-order valence-corrected chi connectivity index (χ2v) is 4.28. The molecule has 0 saturated carbocycles. The van der Waals surface area contributed by atoms with Crippen molar-refractivity contribution in [2.75, 3.05) is 11.9 Å². The lowest BCUT2D eigenvalue weighted by atomic mass is 10.1. The normalized spacial score (nSPS) is 10.3. The van der Waals surface area contributed by atoms with Gasteiger partial charge < -0.3 is 5.32 Å². The first kappa shape index (κ1) is 12.1. The summed E-state index contributed by atoms with van der Waals surface area (Å²) in [4.78, 5) is 8.35. The van der Waals surface area contributed by atoms with Gasteiger partial charge in [0.15, 0.2) is 0 Å². The second kappa shape index (κ2) is 5.36. The van der Waals surface area contributed by atoms with Crippen LogP contribution in [-0.4, -0.2) is 26.7 Å². The maximum atomic E-state index is 9.20. The van der Waals surface area contributed by atoms with Gasteiger partial charge in [0.2, 0.25) is 0 Å². The van der Waals surface area contributed by atoms with Crippen LogP contribution in [0.4, 0.5) is 5.69 Å². The number of hydrogen-bond donors (Lipinski definition) is 2. The minimum atomic E-state index is 0.543. The summed E-state index contributed by atoms with van der Waals surface area (Å²) in [5, 5.41) is 20.1. The molecule has 3 rings (SSSR count). The van der Waals surface area contributed by atoms with Crippen LogP contribution >= 0.6 is 0 Å². The number of benzene rings is 1. The van der Waals surface area contributed by atoms with Gasteiger partial charge in [0.25, 0.3) is 0 Å². The number of rotatable bonds is 4.